The summed E-state index contributed by atoms with van der Waals surface area (Å²) in [4.78, 5) is 1.02. The molecule has 82 valence electrons. The van der Waals surface area contributed by atoms with E-state index in [9.17, 15) is 5.11 Å². The van der Waals surface area contributed by atoms with E-state index in [1.807, 2.05) is 23.6 Å². The first-order valence-electron chi connectivity index (χ1n) is 5.66. The molecule has 0 amide bonds. The molecule has 1 nitrogen and oxygen atoms in total. The Morgan fingerprint density at radius 1 is 1.19 bits per heavy atom. The molecule has 1 unspecified atom stereocenters. The number of thiophene rings is 1. The predicted molar refractivity (Wildman–Crippen MR) is 66.8 cm³/mol. The molecule has 1 aromatic carbocycles. The van der Waals surface area contributed by atoms with Gasteiger partial charge in [0.2, 0.25) is 0 Å². The second kappa shape index (κ2) is 4.04. The smallest absolute Gasteiger partial charge is 0.113 e. The van der Waals surface area contributed by atoms with Crippen molar-refractivity contribution >= 4 is 11.3 Å². The highest BCUT2D eigenvalue weighted by atomic mass is 32.1. The quantitative estimate of drug-likeness (QED) is 0.852. The van der Waals surface area contributed by atoms with Crippen molar-refractivity contribution in [3.05, 3.63) is 57.8 Å². The molecule has 2 heteroatoms. The fraction of sp³-hybridized carbons (Fsp3) is 0.286. The molecule has 1 aliphatic carbocycles. The normalized spacial score (nSPS) is 17.3. The van der Waals surface area contributed by atoms with Crippen LogP contribution in [0.15, 0.2) is 41.8 Å². The van der Waals surface area contributed by atoms with Crippen LogP contribution >= 0.6 is 11.3 Å². The van der Waals surface area contributed by atoms with Gasteiger partial charge in [-0.25, -0.2) is 0 Å². The molecular formula is C14H14OS. The van der Waals surface area contributed by atoms with Crippen molar-refractivity contribution < 1.29 is 5.11 Å². The number of hydrogen-bond donors (Lipinski definition) is 1. The van der Waals surface area contributed by atoms with E-state index >= 15 is 0 Å². The summed E-state index contributed by atoms with van der Waals surface area (Å²) in [5.74, 6) is 0.746. The van der Waals surface area contributed by atoms with E-state index in [0.717, 1.165) is 16.4 Å². The molecule has 0 spiro atoms. The summed E-state index contributed by atoms with van der Waals surface area (Å²) in [6.07, 6.45) is 2.15. The van der Waals surface area contributed by atoms with Crippen LogP contribution in [0.1, 0.15) is 40.9 Å². The summed E-state index contributed by atoms with van der Waals surface area (Å²) in [7, 11) is 0. The Morgan fingerprint density at radius 2 is 2.06 bits per heavy atom. The first kappa shape index (κ1) is 10.1. The van der Waals surface area contributed by atoms with Crippen molar-refractivity contribution in [2.45, 2.75) is 24.9 Å². The molecule has 1 saturated carbocycles. The highest BCUT2D eigenvalue weighted by Crippen LogP contribution is 2.41. The monoisotopic (exact) mass is 230 g/mol. The van der Waals surface area contributed by atoms with Gasteiger partial charge in [-0.2, -0.15) is 0 Å². The van der Waals surface area contributed by atoms with Gasteiger partial charge in [0.15, 0.2) is 0 Å². The molecule has 1 N–H and O–H groups in total. The lowest BCUT2D eigenvalue weighted by Gasteiger charge is -2.10. The molecule has 0 aliphatic heterocycles. The van der Waals surface area contributed by atoms with E-state index < -0.39 is 6.10 Å². The number of hydrogen-bond acceptors (Lipinski definition) is 2. The predicted octanol–water partition coefficient (Wildman–Crippen LogP) is 3.71. The van der Waals surface area contributed by atoms with E-state index in [1.54, 1.807) is 11.3 Å². The van der Waals surface area contributed by atoms with Gasteiger partial charge in [-0.05, 0) is 41.3 Å². The third-order valence-corrected chi connectivity index (χ3v) is 4.01. The molecule has 1 heterocycles. The molecule has 1 aromatic heterocycles. The van der Waals surface area contributed by atoms with E-state index in [0.29, 0.717) is 0 Å². The summed E-state index contributed by atoms with van der Waals surface area (Å²) >= 11 is 1.61. The minimum Gasteiger partial charge on any atom is -0.383 e. The first-order valence-corrected chi connectivity index (χ1v) is 6.54. The lowest BCUT2D eigenvalue weighted by Crippen LogP contribution is -1.97. The van der Waals surface area contributed by atoms with Gasteiger partial charge in [0.05, 0.1) is 0 Å². The fourth-order valence-electron chi connectivity index (χ4n) is 2.01. The number of aliphatic hydroxyl groups excluding tert-OH is 1. The Morgan fingerprint density at radius 3 is 2.75 bits per heavy atom. The molecule has 3 rings (SSSR count). The SMILES string of the molecule is OC(c1cccc(C2CC2)c1)c1cccs1. The highest BCUT2D eigenvalue weighted by molar-refractivity contribution is 7.10. The average Bonchev–Trinajstić information content (AvgIpc) is 3.04. The lowest BCUT2D eigenvalue weighted by atomic mass is 10.0. The van der Waals surface area contributed by atoms with E-state index in [2.05, 4.69) is 18.2 Å². The topological polar surface area (TPSA) is 20.2 Å². The summed E-state index contributed by atoms with van der Waals surface area (Å²) in [6, 6.07) is 12.4. The van der Waals surface area contributed by atoms with E-state index in [1.165, 1.54) is 18.4 Å². The third kappa shape index (κ3) is 1.91. The van der Waals surface area contributed by atoms with Crippen LogP contribution in [0, 0.1) is 0 Å². The molecule has 16 heavy (non-hydrogen) atoms. The Bertz CT molecular complexity index is 471. The summed E-state index contributed by atoms with van der Waals surface area (Å²) in [5.41, 5.74) is 2.40. The van der Waals surface area contributed by atoms with E-state index in [4.69, 9.17) is 0 Å². The van der Waals surface area contributed by atoms with Crippen molar-refractivity contribution in [2.75, 3.05) is 0 Å². The lowest BCUT2D eigenvalue weighted by molar-refractivity contribution is 0.224. The molecule has 1 aliphatic rings. The van der Waals surface area contributed by atoms with Crippen LogP contribution in [0.2, 0.25) is 0 Å². The summed E-state index contributed by atoms with van der Waals surface area (Å²) in [6.45, 7) is 0. The molecule has 0 saturated heterocycles. The zero-order valence-electron chi connectivity index (χ0n) is 8.97. The Labute approximate surface area is 99.4 Å². The van der Waals surface area contributed by atoms with Crippen LogP contribution in [0.5, 0.6) is 0 Å². The second-order valence-electron chi connectivity index (χ2n) is 4.36. The molecule has 1 fully saturated rings. The van der Waals surface area contributed by atoms with Crippen LogP contribution < -0.4 is 0 Å². The molecule has 0 bridgehead atoms. The molecule has 0 radical (unpaired) electrons. The van der Waals surface area contributed by atoms with Crippen molar-refractivity contribution in [3.63, 3.8) is 0 Å². The van der Waals surface area contributed by atoms with E-state index in [-0.39, 0.29) is 0 Å². The van der Waals surface area contributed by atoms with Crippen molar-refractivity contribution in [2.24, 2.45) is 0 Å². The van der Waals surface area contributed by atoms with Crippen LogP contribution in [-0.2, 0) is 0 Å². The first-order chi connectivity index (χ1) is 7.84. The van der Waals surface area contributed by atoms with Crippen molar-refractivity contribution in [1.29, 1.82) is 0 Å². The minimum absolute atomic E-state index is 0.460. The second-order valence-corrected chi connectivity index (χ2v) is 5.34. The van der Waals surface area contributed by atoms with Crippen LogP contribution in [0.3, 0.4) is 0 Å². The highest BCUT2D eigenvalue weighted by Gasteiger charge is 2.24. The molecule has 1 atom stereocenters. The standard InChI is InChI=1S/C14H14OS/c15-14(13-5-2-8-16-13)12-4-1-3-11(9-12)10-6-7-10/h1-5,8-10,14-15H,6-7H2. The van der Waals surface area contributed by atoms with Gasteiger partial charge < -0.3 is 5.11 Å². The largest absolute Gasteiger partial charge is 0.383 e. The Kier molecular flexibility index (Phi) is 2.54. The van der Waals surface area contributed by atoms with Gasteiger partial charge in [-0.1, -0.05) is 30.3 Å². The number of benzene rings is 1. The van der Waals surface area contributed by atoms with Gasteiger partial charge in [-0.3, -0.25) is 0 Å². The maximum Gasteiger partial charge on any atom is 0.113 e. The maximum absolute atomic E-state index is 10.2. The Balaban J connectivity index is 1.90. The maximum atomic E-state index is 10.2. The zero-order valence-corrected chi connectivity index (χ0v) is 9.78. The minimum atomic E-state index is -0.460. The van der Waals surface area contributed by atoms with Crippen LogP contribution in [0.4, 0.5) is 0 Å². The van der Waals surface area contributed by atoms with Crippen molar-refractivity contribution in [1.82, 2.24) is 0 Å². The molecular weight excluding hydrogens is 216 g/mol. The number of rotatable bonds is 3. The summed E-state index contributed by atoms with van der Waals surface area (Å²) in [5, 5.41) is 12.2. The van der Waals surface area contributed by atoms with Gasteiger partial charge in [0.1, 0.15) is 6.10 Å². The van der Waals surface area contributed by atoms with Crippen molar-refractivity contribution in [3.8, 4) is 0 Å². The Hall–Kier alpha value is -1.12. The third-order valence-electron chi connectivity index (χ3n) is 3.09. The van der Waals surface area contributed by atoms with Gasteiger partial charge in [0, 0.05) is 4.88 Å². The van der Waals surface area contributed by atoms with Crippen LogP contribution in [-0.4, -0.2) is 5.11 Å². The fourth-order valence-corrected chi connectivity index (χ4v) is 2.75. The van der Waals surface area contributed by atoms with Gasteiger partial charge >= 0.3 is 0 Å². The average molecular weight is 230 g/mol. The van der Waals surface area contributed by atoms with Gasteiger partial charge in [-0.15, -0.1) is 11.3 Å². The summed E-state index contributed by atoms with van der Waals surface area (Å²) < 4.78 is 0. The molecule has 2 aromatic rings. The number of aliphatic hydroxyl groups is 1. The zero-order chi connectivity index (χ0) is 11.0. The van der Waals surface area contributed by atoms with Crippen LogP contribution in [0.25, 0.3) is 0 Å². The van der Waals surface area contributed by atoms with Gasteiger partial charge in [0.25, 0.3) is 0 Å².